The van der Waals surface area contributed by atoms with E-state index >= 15 is 0 Å². The zero-order chi connectivity index (χ0) is 21.5. The monoisotopic (exact) mass is 423 g/mol. The van der Waals surface area contributed by atoms with E-state index in [1.807, 2.05) is 55.5 Å². The highest BCUT2D eigenvalue weighted by Crippen LogP contribution is 2.21. The molecule has 0 aliphatic carbocycles. The maximum atomic E-state index is 12.6. The first-order valence-electron chi connectivity index (χ1n) is 10.8. The number of benzene rings is 2. The summed E-state index contributed by atoms with van der Waals surface area (Å²) in [5.74, 6) is 2.01. The van der Waals surface area contributed by atoms with Crippen molar-refractivity contribution in [2.45, 2.75) is 26.4 Å². The van der Waals surface area contributed by atoms with Crippen molar-refractivity contribution >= 4 is 10.9 Å². The minimum Gasteiger partial charge on any atom is -0.491 e. The molecule has 6 nitrogen and oxygen atoms in total. The van der Waals surface area contributed by atoms with Crippen LogP contribution in [0.4, 0.5) is 0 Å². The molecule has 1 aromatic heterocycles. The number of H-pyrrole nitrogens is 1. The van der Waals surface area contributed by atoms with Crippen molar-refractivity contribution in [2.24, 2.45) is 5.92 Å². The van der Waals surface area contributed by atoms with Gasteiger partial charge in [0.25, 0.3) is 0 Å². The quantitative estimate of drug-likeness (QED) is 0.522. The van der Waals surface area contributed by atoms with E-state index in [4.69, 9.17) is 18.9 Å². The molecule has 6 heteroatoms. The van der Waals surface area contributed by atoms with Gasteiger partial charge in [-0.1, -0.05) is 18.2 Å². The van der Waals surface area contributed by atoms with Gasteiger partial charge in [-0.3, -0.25) is 4.79 Å². The van der Waals surface area contributed by atoms with Gasteiger partial charge in [0, 0.05) is 42.4 Å². The molecule has 0 atom stereocenters. The predicted octanol–water partition coefficient (Wildman–Crippen LogP) is 4.24. The van der Waals surface area contributed by atoms with Crippen molar-refractivity contribution in [2.75, 3.05) is 33.0 Å². The summed E-state index contributed by atoms with van der Waals surface area (Å²) in [4.78, 5) is 15.9. The second-order valence-electron chi connectivity index (χ2n) is 7.85. The van der Waals surface area contributed by atoms with Gasteiger partial charge in [-0.05, 0) is 49.9 Å². The third-order valence-corrected chi connectivity index (χ3v) is 5.63. The molecule has 0 saturated carbocycles. The third kappa shape index (κ3) is 5.66. The number of ether oxygens (including phenoxy) is 4. The summed E-state index contributed by atoms with van der Waals surface area (Å²) in [7, 11) is 0. The molecule has 0 radical (unpaired) electrons. The number of fused-ring (bicyclic) bond motifs is 1. The van der Waals surface area contributed by atoms with Crippen LogP contribution in [-0.4, -0.2) is 38.0 Å². The standard InChI is InChI=1S/C25H29NO5/c1-18-24(26-23-8-3-2-7-22(23)25(18)27)17-31-21-6-4-5-20(15-21)30-14-13-29-16-19-9-11-28-12-10-19/h2-8,15,19H,9-14,16-17H2,1H3,(H,26,27). The van der Waals surface area contributed by atoms with E-state index in [0.717, 1.165) is 49.6 Å². The molecule has 0 unspecified atom stereocenters. The van der Waals surface area contributed by atoms with E-state index in [1.54, 1.807) is 0 Å². The molecule has 164 valence electrons. The van der Waals surface area contributed by atoms with E-state index in [1.165, 1.54) is 0 Å². The fraction of sp³-hybridized carbons (Fsp3) is 0.400. The Hall–Kier alpha value is -2.83. The Labute approximate surface area is 182 Å². The molecule has 1 aliphatic heterocycles. The molecule has 1 aliphatic rings. The lowest BCUT2D eigenvalue weighted by atomic mass is 10.0. The fourth-order valence-corrected chi connectivity index (χ4v) is 3.72. The summed E-state index contributed by atoms with van der Waals surface area (Å²) in [6.45, 7) is 5.59. The van der Waals surface area contributed by atoms with Gasteiger partial charge in [0.15, 0.2) is 5.43 Å². The van der Waals surface area contributed by atoms with Gasteiger partial charge in [0.2, 0.25) is 0 Å². The first-order valence-corrected chi connectivity index (χ1v) is 10.8. The van der Waals surface area contributed by atoms with Crippen molar-refractivity contribution in [1.82, 2.24) is 4.98 Å². The van der Waals surface area contributed by atoms with Crippen LogP contribution in [0.3, 0.4) is 0 Å². The fourth-order valence-electron chi connectivity index (χ4n) is 3.72. The van der Waals surface area contributed by atoms with E-state index in [2.05, 4.69) is 4.98 Å². The molecule has 4 rings (SSSR count). The predicted molar refractivity (Wildman–Crippen MR) is 120 cm³/mol. The number of para-hydroxylation sites is 1. The lowest BCUT2D eigenvalue weighted by Crippen LogP contribution is -2.21. The normalized spacial score (nSPS) is 14.6. The number of nitrogens with one attached hydrogen (secondary N) is 1. The number of pyridine rings is 1. The summed E-state index contributed by atoms with van der Waals surface area (Å²) in [6, 6.07) is 15.0. The van der Waals surface area contributed by atoms with Crippen LogP contribution in [-0.2, 0) is 16.1 Å². The highest BCUT2D eigenvalue weighted by molar-refractivity contribution is 5.79. The van der Waals surface area contributed by atoms with Crippen molar-refractivity contribution in [1.29, 1.82) is 0 Å². The van der Waals surface area contributed by atoms with Gasteiger partial charge in [-0.25, -0.2) is 0 Å². The maximum Gasteiger partial charge on any atom is 0.192 e. The van der Waals surface area contributed by atoms with Crippen LogP contribution in [0.15, 0.2) is 53.3 Å². The first-order chi connectivity index (χ1) is 15.2. The largest absolute Gasteiger partial charge is 0.491 e. The SMILES string of the molecule is Cc1c(COc2cccc(OCCOCC3CCOCC3)c2)[nH]c2ccccc2c1=O. The average Bonchev–Trinajstić information content (AvgIpc) is 2.81. The van der Waals surface area contributed by atoms with Crippen molar-refractivity contribution < 1.29 is 18.9 Å². The molecule has 1 saturated heterocycles. The van der Waals surface area contributed by atoms with Gasteiger partial charge in [-0.15, -0.1) is 0 Å². The Balaban J connectivity index is 1.28. The number of rotatable bonds is 9. The Kier molecular flexibility index (Phi) is 7.22. The molecule has 31 heavy (non-hydrogen) atoms. The number of aromatic amines is 1. The molecule has 3 aromatic rings. The summed E-state index contributed by atoms with van der Waals surface area (Å²) in [6.07, 6.45) is 2.14. The minimum atomic E-state index is 0.0331. The summed E-state index contributed by atoms with van der Waals surface area (Å²) in [5, 5.41) is 0.693. The Morgan fingerprint density at radius 2 is 1.77 bits per heavy atom. The second kappa shape index (κ2) is 10.5. The van der Waals surface area contributed by atoms with E-state index in [9.17, 15) is 4.79 Å². The molecular formula is C25H29NO5. The van der Waals surface area contributed by atoms with Gasteiger partial charge in [0.1, 0.15) is 24.7 Å². The van der Waals surface area contributed by atoms with Crippen molar-refractivity contribution in [3.05, 3.63) is 70.0 Å². The summed E-state index contributed by atoms with van der Waals surface area (Å²) in [5.41, 5.74) is 2.30. The van der Waals surface area contributed by atoms with E-state index in [0.29, 0.717) is 35.8 Å². The van der Waals surface area contributed by atoms with Gasteiger partial charge in [-0.2, -0.15) is 0 Å². The summed E-state index contributed by atoms with van der Waals surface area (Å²) >= 11 is 0. The molecule has 0 amide bonds. The zero-order valence-corrected chi connectivity index (χ0v) is 17.9. The smallest absolute Gasteiger partial charge is 0.192 e. The van der Waals surface area contributed by atoms with Gasteiger partial charge in [0.05, 0.1) is 12.3 Å². The number of hydrogen-bond acceptors (Lipinski definition) is 5. The van der Waals surface area contributed by atoms with Crippen LogP contribution >= 0.6 is 0 Å². The van der Waals surface area contributed by atoms with Crippen molar-refractivity contribution in [3.63, 3.8) is 0 Å². The third-order valence-electron chi connectivity index (χ3n) is 5.63. The lowest BCUT2D eigenvalue weighted by Gasteiger charge is -2.21. The second-order valence-corrected chi connectivity index (χ2v) is 7.85. The van der Waals surface area contributed by atoms with Crippen molar-refractivity contribution in [3.8, 4) is 11.5 Å². The molecular weight excluding hydrogens is 394 g/mol. The van der Waals surface area contributed by atoms with Crippen LogP contribution in [0.2, 0.25) is 0 Å². The van der Waals surface area contributed by atoms with Crippen LogP contribution in [0.5, 0.6) is 11.5 Å². The topological polar surface area (TPSA) is 69.8 Å². The Morgan fingerprint density at radius 1 is 1.00 bits per heavy atom. The van der Waals surface area contributed by atoms with E-state index < -0.39 is 0 Å². The molecule has 2 heterocycles. The van der Waals surface area contributed by atoms with Crippen LogP contribution in [0.25, 0.3) is 10.9 Å². The van der Waals surface area contributed by atoms with Crippen LogP contribution in [0, 0.1) is 12.8 Å². The Morgan fingerprint density at radius 3 is 2.61 bits per heavy atom. The minimum absolute atomic E-state index is 0.0331. The number of aromatic nitrogens is 1. The first kappa shape index (κ1) is 21.4. The summed E-state index contributed by atoms with van der Waals surface area (Å²) < 4.78 is 22.8. The average molecular weight is 424 g/mol. The molecule has 2 aromatic carbocycles. The highest BCUT2D eigenvalue weighted by Gasteiger charge is 2.13. The van der Waals surface area contributed by atoms with Crippen LogP contribution < -0.4 is 14.9 Å². The molecule has 0 spiro atoms. The molecule has 1 N–H and O–H groups in total. The van der Waals surface area contributed by atoms with E-state index in [-0.39, 0.29) is 12.0 Å². The van der Waals surface area contributed by atoms with Crippen LogP contribution in [0.1, 0.15) is 24.1 Å². The lowest BCUT2D eigenvalue weighted by molar-refractivity contribution is 0.0139. The highest BCUT2D eigenvalue weighted by atomic mass is 16.5. The maximum absolute atomic E-state index is 12.6. The molecule has 1 fully saturated rings. The zero-order valence-electron chi connectivity index (χ0n) is 17.9. The molecule has 0 bridgehead atoms. The number of hydrogen-bond donors (Lipinski definition) is 1. The Bertz CT molecular complexity index is 1060. The van der Waals surface area contributed by atoms with Gasteiger partial charge >= 0.3 is 0 Å². The van der Waals surface area contributed by atoms with Gasteiger partial charge < -0.3 is 23.9 Å².